The SMILES string of the molecule is CC(C)=CC=CC12C(=O)c3c(O)ccc(O)c3C(=O)C1c1c(O)c3c(c(O)c1CC2C=C(C)C)C(=O)C=CC3=O. The molecule has 0 radical (unpaired) electrons. The highest BCUT2D eigenvalue weighted by Gasteiger charge is 2.61. The molecule has 0 saturated carbocycles. The molecule has 204 valence electrons. The molecule has 0 bridgehead atoms. The lowest BCUT2D eigenvalue weighted by molar-refractivity contribution is 0.0611. The fraction of sp³-hybridized carbons (Fsp3) is 0.250. The number of hydrogen-bond acceptors (Lipinski definition) is 8. The molecule has 3 atom stereocenters. The summed E-state index contributed by atoms with van der Waals surface area (Å²) in [5.74, 6) is -7.36. The lowest BCUT2D eigenvalue weighted by atomic mass is 9.50. The maximum atomic E-state index is 14.6. The molecule has 0 aliphatic heterocycles. The van der Waals surface area contributed by atoms with Gasteiger partial charge in [0.25, 0.3) is 0 Å². The Morgan fingerprint density at radius 2 is 1.38 bits per heavy atom. The van der Waals surface area contributed by atoms with Crippen LogP contribution in [0.4, 0.5) is 0 Å². The van der Waals surface area contributed by atoms with E-state index in [4.69, 9.17) is 0 Å². The Morgan fingerprint density at radius 1 is 0.800 bits per heavy atom. The lowest BCUT2D eigenvalue weighted by Gasteiger charge is -2.49. The van der Waals surface area contributed by atoms with Gasteiger partial charge in [-0.05, 0) is 64.3 Å². The van der Waals surface area contributed by atoms with Crippen LogP contribution in [-0.2, 0) is 6.42 Å². The number of phenols is 4. The van der Waals surface area contributed by atoms with E-state index >= 15 is 0 Å². The maximum absolute atomic E-state index is 14.6. The molecular weight excluding hydrogens is 512 g/mol. The summed E-state index contributed by atoms with van der Waals surface area (Å²) >= 11 is 0. The van der Waals surface area contributed by atoms with Crippen LogP contribution >= 0.6 is 0 Å². The molecule has 0 amide bonds. The van der Waals surface area contributed by atoms with Crippen molar-refractivity contribution in [2.24, 2.45) is 11.3 Å². The predicted octanol–water partition coefficient (Wildman–Crippen LogP) is 5.25. The van der Waals surface area contributed by atoms with Crippen molar-refractivity contribution >= 4 is 23.1 Å². The zero-order valence-electron chi connectivity index (χ0n) is 22.4. The average Bonchev–Trinajstić information content (AvgIpc) is 2.88. The Kier molecular flexibility index (Phi) is 6.17. The highest BCUT2D eigenvalue weighted by atomic mass is 16.3. The van der Waals surface area contributed by atoms with Crippen LogP contribution in [0.25, 0.3) is 0 Å². The second-order valence-corrected chi connectivity index (χ2v) is 11.0. The number of hydrogen-bond donors (Lipinski definition) is 4. The van der Waals surface area contributed by atoms with E-state index in [-0.39, 0.29) is 28.7 Å². The van der Waals surface area contributed by atoms with Crippen molar-refractivity contribution in [2.45, 2.75) is 40.0 Å². The van der Waals surface area contributed by atoms with Crippen molar-refractivity contribution in [2.75, 3.05) is 0 Å². The molecule has 5 rings (SSSR count). The van der Waals surface area contributed by atoms with Gasteiger partial charge in [-0.15, -0.1) is 0 Å². The number of fused-ring (bicyclic) bond motifs is 5. The van der Waals surface area contributed by atoms with E-state index < -0.39 is 74.5 Å². The molecule has 0 saturated heterocycles. The molecule has 4 N–H and O–H groups in total. The molecular formula is C32H28O8. The fourth-order valence-electron chi connectivity index (χ4n) is 6.31. The molecule has 3 aliphatic carbocycles. The summed E-state index contributed by atoms with van der Waals surface area (Å²) in [6.45, 7) is 7.31. The second-order valence-electron chi connectivity index (χ2n) is 11.0. The minimum Gasteiger partial charge on any atom is -0.507 e. The van der Waals surface area contributed by atoms with Crippen molar-refractivity contribution in [1.82, 2.24) is 0 Å². The number of allylic oxidation sites excluding steroid dienone is 8. The van der Waals surface area contributed by atoms with E-state index in [1.807, 2.05) is 27.7 Å². The van der Waals surface area contributed by atoms with Crippen molar-refractivity contribution in [1.29, 1.82) is 0 Å². The third-order valence-electron chi connectivity index (χ3n) is 7.90. The van der Waals surface area contributed by atoms with Crippen LogP contribution in [0.5, 0.6) is 23.0 Å². The average molecular weight is 541 g/mol. The third kappa shape index (κ3) is 3.59. The molecule has 0 fully saturated rings. The highest BCUT2D eigenvalue weighted by Crippen LogP contribution is 2.62. The van der Waals surface area contributed by atoms with E-state index in [2.05, 4.69) is 0 Å². The summed E-state index contributed by atoms with van der Waals surface area (Å²) in [5.41, 5.74) is -1.67. The van der Waals surface area contributed by atoms with Gasteiger partial charge in [-0.2, -0.15) is 0 Å². The molecule has 2 aromatic rings. The first-order valence-corrected chi connectivity index (χ1v) is 12.8. The smallest absolute Gasteiger partial charge is 0.190 e. The summed E-state index contributed by atoms with van der Waals surface area (Å²) in [4.78, 5) is 54.6. The van der Waals surface area contributed by atoms with Gasteiger partial charge in [0.1, 0.15) is 23.0 Å². The van der Waals surface area contributed by atoms with Crippen LogP contribution in [0.3, 0.4) is 0 Å². The zero-order valence-corrected chi connectivity index (χ0v) is 22.4. The van der Waals surface area contributed by atoms with E-state index in [0.717, 1.165) is 35.4 Å². The van der Waals surface area contributed by atoms with Gasteiger partial charge in [-0.3, -0.25) is 19.2 Å². The number of phenolic OH excluding ortho intramolecular Hbond substituents is 4. The van der Waals surface area contributed by atoms with Crippen LogP contribution in [-0.4, -0.2) is 43.6 Å². The van der Waals surface area contributed by atoms with Crippen LogP contribution < -0.4 is 0 Å². The quantitative estimate of drug-likeness (QED) is 0.234. The Bertz CT molecular complexity index is 1680. The number of aromatic hydroxyl groups is 4. The van der Waals surface area contributed by atoms with Crippen molar-refractivity contribution in [3.63, 3.8) is 0 Å². The lowest BCUT2D eigenvalue weighted by Crippen LogP contribution is -2.52. The molecule has 2 aromatic carbocycles. The monoisotopic (exact) mass is 540 g/mol. The summed E-state index contributed by atoms with van der Waals surface area (Å²) in [6.07, 6.45) is 8.62. The molecule has 8 heteroatoms. The molecule has 40 heavy (non-hydrogen) atoms. The van der Waals surface area contributed by atoms with Gasteiger partial charge >= 0.3 is 0 Å². The van der Waals surface area contributed by atoms with E-state index in [0.29, 0.717) is 0 Å². The van der Waals surface area contributed by atoms with Gasteiger partial charge in [-0.1, -0.05) is 35.5 Å². The number of carbonyl (C=O) groups excluding carboxylic acids is 4. The minimum absolute atomic E-state index is 0.0654. The molecule has 0 heterocycles. The van der Waals surface area contributed by atoms with Gasteiger partial charge in [0.15, 0.2) is 23.1 Å². The van der Waals surface area contributed by atoms with Crippen LogP contribution in [0.2, 0.25) is 0 Å². The first-order chi connectivity index (χ1) is 18.8. The summed E-state index contributed by atoms with van der Waals surface area (Å²) < 4.78 is 0. The number of rotatable bonds is 3. The second kappa shape index (κ2) is 9.19. The Hall–Kier alpha value is -4.72. The van der Waals surface area contributed by atoms with Crippen LogP contribution in [0.1, 0.15) is 86.2 Å². The first kappa shape index (κ1) is 26.9. The number of benzene rings is 2. The minimum atomic E-state index is -1.72. The van der Waals surface area contributed by atoms with Crippen LogP contribution in [0.15, 0.2) is 59.7 Å². The summed E-state index contributed by atoms with van der Waals surface area (Å²) in [6, 6.07) is 2.23. The van der Waals surface area contributed by atoms with Gasteiger partial charge in [0, 0.05) is 11.1 Å². The topological polar surface area (TPSA) is 149 Å². The van der Waals surface area contributed by atoms with Gasteiger partial charge < -0.3 is 20.4 Å². The summed E-state index contributed by atoms with van der Waals surface area (Å²) in [7, 11) is 0. The predicted molar refractivity (Wildman–Crippen MR) is 146 cm³/mol. The molecule has 0 spiro atoms. The van der Waals surface area contributed by atoms with E-state index in [1.54, 1.807) is 24.3 Å². The summed E-state index contributed by atoms with van der Waals surface area (Å²) in [5, 5.41) is 44.4. The maximum Gasteiger partial charge on any atom is 0.190 e. The largest absolute Gasteiger partial charge is 0.507 e. The van der Waals surface area contributed by atoms with E-state index in [1.165, 1.54) is 0 Å². The number of ketones is 4. The molecule has 3 aliphatic rings. The van der Waals surface area contributed by atoms with E-state index in [9.17, 15) is 39.6 Å². The molecule has 8 nitrogen and oxygen atoms in total. The number of carbonyl (C=O) groups is 4. The van der Waals surface area contributed by atoms with Crippen molar-refractivity contribution < 1.29 is 39.6 Å². The van der Waals surface area contributed by atoms with Gasteiger partial charge in [-0.25, -0.2) is 0 Å². The molecule has 0 aromatic heterocycles. The Labute approximate surface area is 230 Å². The van der Waals surface area contributed by atoms with Gasteiger partial charge in [0.05, 0.1) is 33.6 Å². The Morgan fingerprint density at radius 3 is 1.95 bits per heavy atom. The Balaban J connectivity index is 1.98. The van der Waals surface area contributed by atoms with Crippen molar-refractivity contribution in [3.05, 3.63) is 93.1 Å². The molecule has 3 unspecified atom stereocenters. The fourth-order valence-corrected chi connectivity index (χ4v) is 6.31. The highest BCUT2D eigenvalue weighted by molar-refractivity contribution is 6.26. The van der Waals surface area contributed by atoms with Crippen LogP contribution in [0, 0.1) is 11.3 Å². The zero-order chi connectivity index (χ0) is 29.3. The third-order valence-corrected chi connectivity index (χ3v) is 7.90. The first-order valence-electron chi connectivity index (χ1n) is 12.8. The number of Topliss-reactive ketones (excluding diaryl/α,β-unsaturated/α-hetero) is 2. The standard InChI is InChI=1S/C32H28O8/c1-14(2)6-5-11-32-16(12-15(3)4)13-17-22(29(38)24-19(34)8-7-18(33)23(24)28(17)37)27(32)30(39)25-20(35)9-10-21(36)26(25)31(32)40/h5-12,16,27,35-38H,13H2,1-4H3. The van der Waals surface area contributed by atoms with Crippen molar-refractivity contribution in [3.8, 4) is 23.0 Å². The van der Waals surface area contributed by atoms with Gasteiger partial charge in [0.2, 0.25) is 0 Å². The normalized spacial score (nSPS) is 22.9.